The Morgan fingerprint density at radius 1 is 1.39 bits per heavy atom. The normalized spacial score (nSPS) is 17.5. The fraction of sp³-hybridized carbons (Fsp3) is 0.294. The highest BCUT2D eigenvalue weighted by molar-refractivity contribution is 5.95. The first-order valence-corrected chi connectivity index (χ1v) is 7.34. The highest BCUT2D eigenvalue weighted by atomic mass is 35.5. The number of pyridine rings is 1. The number of aromatic nitrogens is 1. The Hall–Kier alpha value is -1.98. The average molecular weight is 336 g/mol. The Labute approximate surface area is 141 Å². The highest BCUT2D eigenvalue weighted by Gasteiger charge is 2.29. The molecule has 1 amide bonds. The number of halogens is 2. The first-order chi connectivity index (χ1) is 10.7. The van der Waals surface area contributed by atoms with E-state index in [1.807, 2.05) is 12.1 Å². The number of nitrogens with one attached hydrogen (secondary N) is 1. The minimum absolute atomic E-state index is 0. The lowest BCUT2D eigenvalue weighted by Gasteiger charge is -2.36. The van der Waals surface area contributed by atoms with Crippen molar-refractivity contribution in [2.24, 2.45) is 0 Å². The second-order valence-corrected chi connectivity index (χ2v) is 5.49. The second-order valence-electron chi connectivity index (χ2n) is 5.49. The molecule has 0 bridgehead atoms. The monoisotopic (exact) mass is 335 g/mol. The number of piperazine rings is 1. The molecule has 122 valence electrons. The van der Waals surface area contributed by atoms with E-state index in [1.165, 1.54) is 6.07 Å². The summed E-state index contributed by atoms with van der Waals surface area (Å²) in [6.45, 7) is 3.70. The SMILES string of the molecule is Cc1ccc(C(=O)N2CCNCC2c2cccnc2)c(F)c1.Cl. The molecule has 1 N–H and O–H groups in total. The number of rotatable bonds is 2. The molecule has 1 atom stereocenters. The van der Waals surface area contributed by atoms with Gasteiger partial charge in [-0.25, -0.2) is 4.39 Å². The van der Waals surface area contributed by atoms with Crippen LogP contribution < -0.4 is 5.32 Å². The van der Waals surface area contributed by atoms with Crippen molar-refractivity contribution in [1.29, 1.82) is 0 Å². The van der Waals surface area contributed by atoms with Crippen molar-refractivity contribution in [3.63, 3.8) is 0 Å². The van der Waals surface area contributed by atoms with Gasteiger partial charge in [0, 0.05) is 32.0 Å². The molecule has 0 spiro atoms. The molecule has 2 heterocycles. The van der Waals surface area contributed by atoms with E-state index in [0.29, 0.717) is 19.6 Å². The predicted molar refractivity (Wildman–Crippen MR) is 89.3 cm³/mol. The van der Waals surface area contributed by atoms with Gasteiger partial charge < -0.3 is 10.2 Å². The number of amides is 1. The number of carbonyl (C=O) groups excluding carboxylic acids is 1. The maximum Gasteiger partial charge on any atom is 0.257 e. The van der Waals surface area contributed by atoms with Crippen LogP contribution in [0.25, 0.3) is 0 Å². The van der Waals surface area contributed by atoms with Gasteiger partial charge in [-0.3, -0.25) is 9.78 Å². The molecule has 1 aliphatic heterocycles. The third-order valence-corrected chi connectivity index (χ3v) is 3.93. The van der Waals surface area contributed by atoms with Gasteiger partial charge in [-0.1, -0.05) is 12.1 Å². The summed E-state index contributed by atoms with van der Waals surface area (Å²) in [7, 11) is 0. The lowest BCUT2D eigenvalue weighted by molar-refractivity contribution is 0.0629. The molecule has 0 radical (unpaired) electrons. The predicted octanol–water partition coefficient (Wildman–Crippen LogP) is 2.74. The molecule has 1 saturated heterocycles. The molecule has 1 unspecified atom stereocenters. The van der Waals surface area contributed by atoms with Crippen molar-refractivity contribution in [3.8, 4) is 0 Å². The van der Waals surface area contributed by atoms with Crippen LogP contribution in [0.5, 0.6) is 0 Å². The van der Waals surface area contributed by atoms with Gasteiger partial charge in [0.1, 0.15) is 5.82 Å². The van der Waals surface area contributed by atoms with E-state index in [-0.39, 0.29) is 29.9 Å². The Balaban J connectivity index is 0.00000192. The van der Waals surface area contributed by atoms with Crippen molar-refractivity contribution in [2.75, 3.05) is 19.6 Å². The van der Waals surface area contributed by atoms with E-state index in [4.69, 9.17) is 0 Å². The van der Waals surface area contributed by atoms with Crippen molar-refractivity contribution >= 4 is 18.3 Å². The fourth-order valence-electron chi connectivity index (χ4n) is 2.77. The zero-order chi connectivity index (χ0) is 15.5. The number of aryl methyl sites for hydroxylation is 1. The van der Waals surface area contributed by atoms with Crippen molar-refractivity contribution in [2.45, 2.75) is 13.0 Å². The van der Waals surface area contributed by atoms with Gasteiger partial charge >= 0.3 is 0 Å². The van der Waals surface area contributed by atoms with E-state index in [9.17, 15) is 9.18 Å². The van der Waals surface area contributed by atoms with Gasteiger partial charge in [-0.2, -0.15) is 0 Å². The van der Waals surface area contributed by atoms with E-state index in [2.05, 4.69) is 10.3 Å². The van der Waals surface area contributed by atoms with Crippen molar-refractivity contribution in [1.82, 2.24) is 15.2 Å². The molecule has 1 aromatic carbocycles. The topological polar surface area (TPSA) is 45.2 Å². The zero-order valence-corrected chi connectivity index (χ0v) is 13.6. The lowest BCUT2D eigenvalue weighted by atomic mass is 10.0. The standard InChI is InChI=1S/C17H18FN3O.ClH/c1-12-4-5-14(15(18)9-12)17(22)21-8-7-20-11-16(21)13-3-2-6-19-10-13;/h2-6,9-10,16,20H,7-8,11H2,1H3;1H. The summed E-state index contributed by atoms with van der Waals surface area (Å²) in [5.74, 6) is -0.735. The third-order valence-electron chi connectivity index (χ3n) is 3.93. The molecule has 0 aliphatic carbocycles. The summed E-state index contributed by atoms with van der Waals surface area (Å²) in [6, 6.07) is 8.38. The van der Waals surface area contributed by atoms with Gasteiger partial charge in [0.15, 0.2) is 0 Å². The summed E-state index contributed by atoms with van der Waals surface area (Å²) < 4.78 is 14.1. The molecule has 23 heavy (non-hydrogen) atoms. The van der Waals surface area contributed by atoms with Gasteiger partial charge in [-0.15, -0.1) is 12.4 Å². The molecule has 3 rings (SSSR count). The maximum atomic E-state index is 14.1. The summed E-state index contributed by atoms with van der Waals surface area (Å²) in [5.41, 5.74) is 1.88. The molecule has 1 fully saturated rings. The Kier molecular flexibility index (Phi) is 5.69. The first kappa shape index (κ1) is 17.4. The fourth-order valence-corrected chi connectivity index (χ4v) is 2.77. The van der Waals surface area contributed by atoms with Crippen LogP contribution in [0.1, 0.15) is 27.5 Å². The first-order valence-electron chi connectivity index (χ1n) is 7.34. The Morgan fingerprint density at radius 2 is 2.22 bits per heavy atom. The number of carbonyl (C=O) groups is 1. The zero-order valence-electron chi connectivity index (χ0n) is 12.8. The largest absolute Gasteiger partial charge is 0.329 e. The van der Waals surface area contributed by atoms with Crippen LogP contribution >= 0.6 is 12.4 Å². The highest BCUT2D eigenvalue weighted by Crippen LogP contribution is 2.24. The summed E-state index contributed by atoms with van der Waals surface area (Å²) in [6.07, 6.45) is 3.45. The van der Waals surface area contributed by atoms with Crippen LogP contribution in [-0.4, -0.2) is 35.4 Å². The number of hydrogen-bond donors (Lipinski definition) is 1. The minimum Gasteiger partial charge on any atom is -0.329 e. The van der Waals surface area contributed by atoms with Crippen LogP contribution in [0.3, 0.4) is 0 Å². The Bertz CT molecular complexity index is 681. The summed E-state index contributed by atoms with van der Waals surface area (Å²) in [4.78, 5) is 18.6. The van der Waals surface area contributed by atoms with E-state index >= 15 is 0 Å². The number of benzene rings is 1. The average Bonchev–Trinajstić information content (AvgIpc) is 2.55. The lowest BCUT2D eigenvalue weighted by Crippen LogP contribution is -2.48. The number of nitrogens with zero attached hydrogens (tertiary/aromatic N) is 2. The molecule has 6 heteroatoms. The maximum absolute atomic E-state index is 14.1. The van der Waals surface area contributed by atoms with Crippen LogP contribution in [0, 0.1) is 12.7 Å². The molecule has 4 nitrogen and oxygen atoms in total. The Morgan fingerprint density at radius 3 is 2.91 bits per heavy atom. The van der Waals surface area contributed by atoms with Gasteiger partial charge in [0.2, 0.25) is 0 Å². The molecular formula is C17H19ClFN3O. The second kappa shape index (κ2) is 7.53. The minimum atomic E-state index is -0.464. The van der Waals surface area contributed by atoms with Gasteiger partial charge in [-0.05, 0) is 36.2 Å². The van der Waals surface area contributed by atoms with Gasteiger partial charge in [0.05, 0.1) is 11.6 Å². The van der Waals surface area contributed by atoms with Gasteiger partial charge in [0.25, 0.3) is 5.91 Å². The van der Waals surface area contributed by atoms with Crippen LogP contribution in [0.15, 0.2) is 42.7 Å². The van der Waals surface area contributed by atoms with Crippen LogP contribution in [-0.2, 0) is 0 Å². The smallest absolute Gasteiger partial charge is 0.257 e. The molecule has 1 aliphatic rings. The summed E-state index contributed by atoms with van der Waals surface area (Å²) >= 11 is 0. The van der Waals surface area contributed by atoms with Crippen molar-refractivity contribution in [3.05, 3.63) is 65.2 Å². The molecule has 2 aromatic rings. The van der Waals surface area contributed by atoms with Crippen LogP contribution in [0.2, 0.25) is 0 Å². The molecular weight excluding hydrogens is 317 g/mol. The molecule has 1 aromatic heterocycles. The summed E-state index contributed by atoms with van der Waals surface area (Å²) in [5, 5.41) is 3.28. The quantitative estimate of drug-likeness (QED) is 0.918. The third kappa shape index (κ3) is 3.68. The van der Waals surface area contributed by atoms with Crippen molar-refractivity contribution < 1.29 is 9.18 Å². The van der Waals surface area contributed by atoms with E-state index < -0.39 is 5.82 Å². The molecule has 0 saturated carbocycles. The van der Waals surface area contributed by atoms with Crippen LogP contribution in [0.4, 0.5) is 4.39 Å². The number of hydrogen-bond acceptors (Lipinski definition) is 3. The van der Waals surface area contributed by atoms with E-state index in [1.54, 1.807) is 36.4 Å². The van der Waals surface area contributed by atoms with E-state index in [0.717, 1.165) is 11.1 Å².